The highest BCUT2D eigenvalue weighted by molar-refractivity contribution is 5.89. The predicted octanol–water partition coefficient (Wildman–Crippen LogP) is 0.849. The van der Waals surface area contributed by atoms with E-state index >= 15 is 0 Å². The quantitative estimate of drug-likeness (QED) is 0.818. The van der Waals surface area contributed by atoms with Gasteiger partial charge in [0, 0.05) is 13.1 Å². The second-order valence-electron chi connectivity index (χ2n) is 4.13. The van der Waals surface area contributed by atoms with Crippen molar-refractivity contribution < 1.29 is 19.1 Å². The smallest absolute Gasteiger partial charge is 0.335 e. The average molecular weight is 252 g/mol. The number of hydrogen-bond acceptors (Lipinski definition) is 3. The first kappa shape index (κ1) is 12.3. The third-order valence-electron chi connectivity index (χ3n) is 3.00. The lowest BCUT2D eigenvalue weighted by molar-refractivity contribution is -0.122. The molecule has 0 saturated carbocycles. The number of aromatic carboxylic acids is 1. The number of carbonyl (C=O) groups is 2. The summed E-state index contributed by atoms with van der Waals surface area (Å²) in [5.41, 5.74) is 0.146. The lowest BCUT2D eigenvalue weighted by Gasteiger charge is -2.34. The molecule has 1 amide bonds. The lowest BCUT2D eigenvalue weighted by Crippen LogP contribution is -2.54. The fourth-order valence-electron chi connectivity index (χ4n) is 1.98. The largest absolute Gasteiger partial charge is 0.478 e. The molecule has 0 radical (unpaired) electrons. The number of rotatable bonds is 2. The number of benzene rings is 1. The number of piperazine rings is 1. The Balaban J connectivity index is 2.33. The maximum Gasteiger partial charge on any atom is 0.335 e. The standard InChI is InChI=1S/C12H13FN2O3/c1-7-11(16)14-4-5-15(7)10-3-2-8(12(17)18)6-9(10)13/h2-3,6-7H,4-5H2,1H3,(H,14,16)(H,17,18). The molecular weight excluding hydrogens is 239 g/mol. The van der Waals surface area contributed by atoms with Crippen molar-refractivity contribution in [3.05, 3.63) is 29.6 Å². The van der Waals surface area contributed by atoms with Crippen LogP contribution < -0.4 is 10.2 Å². The van der Waals surface area contributed by atoms with Gasteiger partial charge in [-0.25, -0.2) is 9.18 Å². The molecule has 18 heavy (non-hydrogen) atoms. The van der Waals surface area contributed by atoms with Crippen molar-refractivity contribution in [1.29, 1.82) is 0 Å². The van der Waals surface area contributed by atoms with Crippen molar-refractivity contribution in [2.75, 3.05) is 18.0 Å². The number of halogens is 1. The van der Waals surface area contributed by atoms with Crippen LogP contribution in [0.1, 0.15) is 17.3 Å². The van der Waals surface area contributed by atoms with Gasteiger partial charge in [0.05, 0.1) is 11.3 Å². The summed E-state index contributed by atoms with van der Waals surface area (Å²) < 4.78 is 13.9. The average Bonchev–Trinajstić information content (AvgIpc) is 2.33. The van der Waals surface area contributed by atoms with Crippen molar-refractivity contribution in [2.45, 2.75) is 13.0 Å². The van der Waals surface area contributed by atoms with Crippen LogP contribution in [-0.4, -0.2) is 36.1 Å². The van der Waals surface area contributed by atoms with E-state index in [1.807, 2.05) is 0 Å². The Morgan fingerprint density at radius 1 is 1.56 bits per heavy atom. The van der Waals surface area contributed by atoms with E-state index in [4.69, 9.17) is 5.11 Å². The molecule has 1 atom stereocenters. The minimum absolute atomic E-state index is 0.106. The molecule has 2 N–H and O–H groups in total. The van der Waals surface area contributed by atoms with Crippen LogP contribution in [0.3, 0.4) is 0 Å². The van der Waals surface area contributed by atoms with Gasteiger partial charge in [-0.3, -0.25) is 4.79 Å². The topological polar surface area (TPSA) is 69.6 Å². The van der Waals surface area contributed by atoms with Crippen molar-refractivity contribution in [3.8, 4) is 0 Å². The first-order valence-electron chi connectivity index (χ1n) is 5.58. The number of hydrogen-bond donors (Lipinski definition) is 2. The van der Waals surface area contributed by atoms with Crippen LogP contribution >= 0.6 is 0 Å². The van der Waals surface area contributed by atoms with E-state index in [9.17, 15) is 14.0 Å². The molecule has 0 aliphatic carbocycles. The Morgan fingerprint density at radius 3 is 2.89 bits per heavy atom. The summed E-state index contributed by atoms with van der Waals surface area (Å²) in [5, 5.41) is 11.4. The van der Waals surface area contributed by atoms with Crippen molar-refractivity contribution in [1.82, 2.24) is 5.32 Å². The number of amides is 1. The Morgan fingerprint density at radius 2 is 2.28 bits per heavy atom. The lowest BCUT2D eigenvalue weighted by atomic mass is 10.1. The number of nitrogens with one attached hydrogen (secondary N) is 1. The highest BCUT2D eigenvalue weighted by atomic mass is 19.1. The minimum Gasteiger partial charge on any atom is -0.478 e. The monoisotopic (exact) mass is 252 g/mol. The van der Waals surface area contributed by atoms with E-state index in [2.05, 4.69) is 5.32 Å². The third kappa shape index (κ3) is 2.13. The summed E-state index contributed by atoms with van der Waals surface area (Å²) in [7, 11) is 0. The van der Waals surface area contributed by atoms with Crippen LogP contribution in [0.2, 0.25) is 0 Å². The molecule has 0 aromatic heterocycles. The summed E-state index contributed by atoms with van der Waals surface area (Å²) in [5.74, 6) is -1.97. The molecule has 1 heterocycles. The molecule has 5 nitrogen and oxygen atoms in total. The maximum absolute atomic E-state index is 13.9. The van der Waals surface area contributed by atoms with Gasteiger partial charge >= 0.3 is 5.97 Å². The summed E-state index contributed by atoms with van der Waals surface area (Å²) in [6.45, 7) is 2.62. The normalized spacial score (nSPS) is 19.6. The molecule has 1 saturated heterocycles. The van der Waals surface area contributed by atoms with Crippen LogP contribution in [0.4, 0.5) is 10.1 Å². The number of carboxylic acid groups (broad SMARTS) is 1. The number of carbonyl (C=O) groups excluding carboxylic acids is 1. The van der Waals surface area contributed by atoms with Gasteiger partial charge in [0.1, 0.15) is 11.9 Å². The van der Waals surface area contributed by atoms with Gasteiger partial charge in [-0.2, -0.15) is 0 Å². The summed E-state index contributed by atoms with van der Waals surface area (Å²) in [6, 6.07) is 3.23. The van der Waals surface area contributed by atoms with Crippen LogP contribution in [-0.2, 0) is 4.79 Å². The number of carboxylic acids is 1. The van der Waals surface area contributed by atoms with Gasteiger partial charge in [0.2, 0.25) is 5.91 Å². The summed E-state index contributed by atoms with van der Waals surface area (Å²) in [6.07, 6.45) is 0. The summed E-state index contributed by atoms with van der Waals surface area (Å²) >= 11 is 0. The van der Waals surface area contributed by atoms with Crippen LogP contribution in [0.25, 0.3) is 0 Å². The molecule has 0 bridgehead atoms. The van der Waals surface area contributed by atoms with E-state index < -0.39 is 17.8 Å². The van der Waals surface area contributed by atoms with Gasteiger partial charge in [0.25, 0.3) is 0 Å². The second kappa shape index (κ2) is 4.64. The zero-order chi connectivity index (χ0) is 13.3. The van der Waals surface area contributed by atoms with Crippen LogP contribution in [0.5, 0.6) is 0 Å². The zero-order valence-electron chi connectivity index (χ0n) is 9.81. The molecule has 1 aliphatic rings. The van der Waals surface area contributed by atoms with E-state index in [-0.39, 0.29) is 17.2 Å². The van der Waals surface area contributed by atoms with Crippen molar-refractivity contribution in [3.63, 3.8) is 0 Å². The van der Waals surface area contributed by atoms with E-state index in [0.717, 1.165) is 6.07 Å². The van der Waals surface area contributed by atoms with Gasteiger partial charge in [0.15, 0.2) is 0 Å². The highest BCUT2D eigenvalue weighted by Gasteiger charge is 2.27. The number of anilines is 1. The summed E-state index contributed by atoms with van der Waals surface area (Å²) in [4.78, 5) is 23.8. The SMILES string of the molecule is CC1C(=O)NCCN1c1ccc(C(=O)O)cc1F. The van der Waals surface area contributed by atoms with Crippen LogP contribution in [0, 0.1) is 5.82 Å². The third-order valence-corrected chi connectivity index (χ3v) is 3.00. The molecule has 1 aromatic rings. The zero-order valence-corrected chi connectivity index (χ0v) is 9.81. The molecule has 2 rings (SSSR count). The van der Waals surface area contributed by atoms with Crippen molar-refractivity contribution in [2.24, 2.45) is 0 Å². The Kier molecular flexibility index (Phi) is 3.18. The van der Waals surface area contributed by atoms with Crippen LogP contribution in [0.15, 0.2) is 18.2 Å². The van der Waals surface area contributed by atoms with E-state index in [1.54, 1.807) is 11.8 Å². The van der Waals surface area contributed by atoms with Gasteiger partial charge < -0.3 is 15.3 Å². The molecule has 1 fully saturated rings. The fourth-order valence-corrected chi connectivity index (χ4v) is 1.98. The maximum atomic E-state index is 13.9. The number of nitrogens with zero attached hydrogens (tertiary/aromatic N) is 1. The van der Waals surface area contributed by atoms with E-state index in [1.165, 1.54) is 12.1 Å². The molecule has 6 heteroatoms. The fraction of sp³-hybridized carbons (Fsp3) is 0.333. The molecule has 1 aromatic carbocycles. The minimum atomic E-state index is -1.18. The van der Waals surface area contributed by atoms with Gasteiger partial charge in [-0.1, -0.05) is 0 Å². The van der Waals surface area contributed by atoms with Crippen molar-refractivity contribution >= 4 is 17.6 Å². The first-order chi connectivity index (χ1) is 8.50. The highest BCUT2D eigenvalue weighted by Crippen LogP contribution is 2.23. The first-order valence-corrected chi connectivity index (χ1v) is 5.58. The molecule has 1 unspecified atom stereocenters. The van der Waals surface area contributed by atoms with Gasteiger partial charge in [-0.15, -0.1) is 0 Å². The van der Waals surface area contributed by atoms with Gasteiger partial charge in [-0.05, 0) is 25.1 Å². The molecule has 1 aliphatic heterocycles. The molecule has 96 valence electrons. The molecule has 0 spiro atoms. The second-order valence-corrected chi connectivity index (χ2v) is 4.13. The Hall–Kier alpha value is -2.11. The molecular formula is C12H13FN2O3. The van der Waals surface area contributed by atoms with E-state index in [0.29, 0.717) is 13.1 Å². The Labute approximate surface area is 103 Å². The Bertz CT molecular complexity index is 504. The predicted molar refractivity (Wildman–Crippen MR) is 63.2 cm³/mol.